The molecule has 0 saturated carbocycles. The number of rotatable bonds is 4. The topological polar surface area (TPSA) is 51.5 Å². The Kier molecular flexibility index (Phi) is 6.74. The largest absolute Gasteiger partial charge is 0.497 e. The van der Waals surface area contributed by atoms with Crippen molar-refractivity contribution in [2.75, 3.05) is 13.4 Å². The van der Waals surface area contributed by atoms with Gasteiger partial charge in [0.15, 0.2) is 0 Å². The number of hydrogen-bond acceptors (Lipinski definition) is 4. The molecular weight excluding hydrogens is 404 g/mol. The SMILES string of the molecule is C=C/C=c1/c(C#Cc2ccccc2N=S(C)(=O)c2ccc(OC)cc2)cnc(C)c1=C. The number of benzene rings is 2. The number of methoxy groups -OCH3 is 1. The van der Waals surface area contributed by atoms with E-state index in [0.29, 0.717) is 21.9 Å². The van der Waals surface area contributed by atoms with Crippen LogP contribution in [-0.2, 0) is 9.73 Å². The second-order valence-corrected chi connectivity index (χ2v) is 9.15. The number of aryl methyl sites for hydroxylation is 1. The maximum atomic E-state index is 13.3. The van der Waals surface area contributed by atoms with Crippen molar-refractivity contribution in [2.24, 2.45) is 4.36 Å². The van der Waals surface area contributed by atoms with Crippen LogP contribution in [0.2, 0.25) is 0 Å². The predicted molar refractivity (Wildman–Crippen MR) is 128 cm³/mol. The summed E-state index contributed by atoms with van der Waals surface area (Å²) in [7, 11) is -1.07. The Morgan fingerprint density at radius 1 is 1.10 bits per heavy atom. The van der Waals surface area contributed by atoms with Gasteiger partial charge in [0.05, 0.1) is 33.7 Å². The Labute approximate surface area is 183 Å². The summed E-state index contributed by atoms with van der Waals surface area (Å²) >= 11 is 0. The molecule has 0 aliphatic rings. The van der Waals surface area contributed by atoms with Crippen molar-refractivity contribution in [1.82, 2.24) is 4.98 Å². The molecule has 0 N–H and O–H groups in total. The summed E-state index contributed by atoms with van der Waals surface area (Å²) < 4.78 is 23.0. The van der Waals surface area contributed by atoms with E-state index in [0.717, 1.165) is 21.7 Å². The molecule has 31 heavy (non-hydrogen) atoms. The van der Waals surface area contributed by atoms with Crippen molar-refractivity contribution < 1.29 is 8.95 Å². The van der Waals surface area contributed by atoms with Crippen LogP contribution in [0, 0.1) is 18.8 Å². The first-order valence-corrected chi connectivity index (χ1v) is 11.5. The van der Waals surface area contributed by atoms with Gasteiger partial charge in [-0.05, 0) is 48.5 Å². The maximum absolute atomic E-state index is 13.3. The first-order chi connectivity index (χ1) is 14.9. The van der Waals surface area contributed by atoms with Gasteiger partial charge in [0.1, 0.15) is 5.75 Å². The molecule has 0 aliphatic heterocycles. The Morgan fingerprint density at radius 3 is 2.45 bits per heavy atom. The molecule has 5 heteroatoms. The van der Waals surface area contributed by atoms with E-state index in [-0.39, 0.29) is 0 Å². The van der Waals surface area contributed by atoms with Gasteiger partial charge < -0.3 is 4.74 Å². The summed E-state index contributed by atoms with van der Waals surface area (Å²) in [6.07, 6.45) is 6.93. The van der Waals surface area contributed by atoms with E-state index in [2.05, 4.69) is 34.3 Å². The number of pyridine rings is 1. The van der Waals surface area contributed by atoms with Crippen LogP contribution in [-0.4, -0.2) is 22.6 Å². The molecule has 0 amide bonds. The van der Waals surface area contributed by atoms with E-state index in [1.54, 1.807) is 49.9 Å². The van der Waals surface area contributed by atoms with Crippen molar-refractivity contribution in [2.45, 2.75) is 11.8 Å². The zero-order chi connectivity index (χ0) is 22.4. The predicted octanol–water partition coefficient (Wildman–Crippen LogP) is 3.96. The van der Waals surface area contributed by atoms with Crippen molar-refractivity contribution in [1.29, 1.82) is 0 Å². The molecule has 1 heterocycles. The monoisotopic (exact) mass is 428 g/mol. The van der Waals surface area contributed by atoms with Gasteiger partial charge in [-0.25, -0.2) is 4.21 Å². The van der Waals surface area contributed by atoms with Crippen molar-refractivity contribution in [3.05, 3.63) is 94.6 Å². The van der Waals surface area contributed by atoms with E-state index < -0.39 is 9.73 Å². The minimum absolute atomic E-state index is 0.572. The Balaban J connectivity index is 2.09. The molecule has 1 atom stereocenters. The van der Waals surface area contributed by atoms with Crippen LogP contribution in [0.4, 0.5) is 5.69 Å². The number of nitrogens with zero attached hydrogens (tertiary/aromatic N) is 2. The van der Waals surface area contributed by atoms with E-state index in [1.807, 2.05) is 37.3 Å². The molecule has 1 aromatic heterocycles. The van der Waals surface area contributed by atoms with Gasteiger partial charge in [-0.2, -0.15) is 4.36 Å². The summed E-state index contributed by atoms with van der Waals surface area (Å²) in [4.78, 5) is 5.00. The van der Waals surface area contributed by atoms with Gasteiger partial charge in [0.25, 0.3) is 0 Å². The van der Waals surface area contributed by atoms with Crippen LogP contribution < -0.4 is 15.2 Å². The second kappa shape index (κ2) is 9.46. The summed E-state index contributed by atoms with van der Waals surface area (Å²) in [5.74, 6) is 7.02. The van der Waals surface area contributed by atoms with Gasteiger partial charge in [0.2, 0.25) is 0 Å². The fourth-order valence-corrected chi connectivity index (χ4v) is 4.22. The van der Waals surface area contributed by atoms with Gasteiger partial charge in [-0.1, -0.05) is 49.3 Å². The zero-order valence-electron chi connectivity index (χ0n) is 17.9. The van der Waals surface area contributed by atoms with Crippen LogP contribution in [0.1, 0.15) is 16.8 Å². The van der Waals surface area contributed by atoms with Crippen LogP contribution >= 0.6 is 0 Å². The van der Waals surface area contributed by atoms with E-state index in [9.17, 15) is 4.21 Å². The first-order valence-electron chi connectivity index (χ1n) is 9.60. The molecule has 0 saturated heterocycles. The second-order valence-electron chi connectivity index (χ2n) is 6.89. The third kappa shape index (κ3) is 5.11. The lowest BCUT2D eigenvalue weighted by Crippen LogP contribution is -2.29. The smallest absolute Gasteiger partial charge is 0.118 e. The molecule has 0 fully saturated rings. The van der Waals surface area contributed by atoms with Gasteiger partial charge in [-0.15, -0.1) is 0 Å². The number of ether oxygens (including phenoxy) is 1. The number of hydrogen-bond donors (Lipinski definition) is 0. The highest BCUT2D eigenvalue weighted by Gasteiger charge is 2.08. The van der Waals surface area contributed by atoms with E-state index >= 15 is 0 Å². The van der Waals surface area contributed by atoms with Gasteiger partial charge in [-0.3, -0.25) is 4.98 Å². The highest BCUT2D eigenvalue weighted by atomic mass is 32.2. The fourth-order valence-electron chi connectivity index (χ4n) is 2.94. The number of aromatic nitrogens is 1. The molecule has 1 unspecified atom stereocenters. The van der Waals surface area contributed by atoms with Crippen LogP contribution in [0.3, 0.4) is 0 Å². The Morgan fingerprint density at radius 2 is 1.77 bits per heavy atom. The summed E-state index contributed by atoms with van der Waals surface area (Å²) in [6, 6.07) is 14.5. The number of allylic oxidation sites excluding steroid dienone is 1. The molecule has 4 nitrogen and oxygen atoms in total. The molecule has 0 spiro atoms. The molecule has 0 aliphatic carbocycles. The van der Waals surface area contributed by atoms with Crippen molar-refractivity contribution in [3.8, 4) is 17.6 Å². The molecule has 0 radical (unpaired) electrons. The standard InChI is InChI=1S/C26H24N2O2S/c1-6-9-25-19(2)20(3)27-18-22(25)13-12-21-10-7-8-11-26(21)28-31(5,29)24-16-14-23(30-4)15-17-24/h6-11,14-18H,1-2H2,3-5H3/b25-9+. The van der Waals surface area contributed by atoms with Gasteiger partial charge in [0, 0.05) is 28.3 Å². The highest BCUT2D eigenvalue weighted by Crippen LogP contribution is 2.24. The normalized spacial score (nSPS) is 12.9. The lowest BCUT2D eigenvalue weighted by atomic mass is 10.1. The van der Waals surface area contributed by atoms with Crippen LogP contribution in [0.25, 0.3) is 12.7 Å². The van der Waals surface area contributed by atoms with E-state index in [1.165, 1.54) is 0 Å². The minimum atomic E-state index is -2.66. The summed E-state index contributed by atoms with van der Waals surface area (Å²) in [6.45, 7) is 9.77. The van der Waals surface area contributed by atoms with Gasteiger partial charge >= 0.3 is 0 Å². The first kappa shape index (κ1) is 22.1. The third-order valence-corrected chi connectivity index (χ3v) is 6.42. The third-order valence-electron chi connectivity index (χ3n) is 4.73. The highest BCUT2D eigenvalue weighted by molar-refractivity contribution is 7.93. The lowest BCUT2D eigenvalue weighted by Gasteiger charge is -2.07. The maximum Gasteiger partial charge on any atom is 0.118 e. The average molecular weight is 429 g/mol. The van der Waals surface area contributed by atoms with Crippen LogP contribution in [0.5, 0.6) is 5.75 Å². The molecule has 3 rings (SSSR count). The lowest BCUT2D eigenvalue weighted by molar-refractivity contribution is 0.414. The fraction of sp³-hybridized carbons (Fsp3) is 0.115. The molecule has 156 valence electrons. The molecule has 2 aromatic carbocycles. The average Bonchev–Trinajstić information content (AvgIpc) is 2.77. The quantitative estimate of drug-likeness (QED) is 0.591. The molecular formula is C26H24N2O2S. The van der Waals surface area contributed by atoms with Crippen molar-refractivity contribution in [3.63, 3.8) is 0 Å². The minimum Gasteiger partial charge on any atom is -0.497 e. The zero-order valence-corrected chi connectivity index (χ0v) is 18.7. The van der Waals surface area contributed by atoms with E-state index in [4.69, 9.17) is 4.74 Å². The van der Waals surface area contributed by atoms with Crippen LogP contribution in [0.15, 0.2) is 76.6 Å². The molecule has 3 aromatic rings. The Hall–Kier alpha value is -3.62. The Bertz CT molecular complexity index is 1420. The molecule has 0 bridgehead atoms. The summed E-state index contributed by atoms with van der Waals surface area (Å²) in [5.41, 5.74) is 2.85. The van der Waals surface area contributed by atoms with Crippen molar-refractivity contribution >= 4 is 28.1 Å². The summed E-state index contributed by atoms with van der Waals surface area (Å²) in [5, 5.41) is 1.71.